The molecule has 0 saturated carbocycles. The molecule has 4 heteroatoms. The molecule has 1 atom stereocenters. The van der Waals surface area contributed by atoms with Crippen LogP contribution >= 0.6 is 0 Å². The Kier molecular flexibility index (Phi) is 3.35. The van der Waals surface area contributed by atoms with Crippen molar-refractivity contribution in [3.05, 3.63) is 59.7 Å². The molecule has 0 aliphatic carbocycles. The Hall–Kier alpha value is -1.94. The number of para-hydroxylation sites is 1. The summed E-state index contributed by atoms with van der Waals surface area (Å²) in [6.45, 7) is 0. The highest BCUT2D eigenvalue weighted by atomic mass is 19.1. The van der Waals surface area contributed by atoms with E-state index >= 15 is 0 Å². The Morgan fingerprint density at radius 3 is 2.71 bits per heavy atom. The molecule has 2 rings (SSSR count). The molecule has 88 valence electrons. The number of benzene rings is 1. The number of hydrogen-bond acceptors (Lipinski definition) is 3. The quantitative estimate of drug-likeness (QED) is 0.883. The third-order valence-corrected chi connectivity index (χ3v) is 2.61. The zero-order valence-corrected chi connectivity index (χ0v) is 9.43. The Balaban J connectivity index is 2.44. The number of ether oxygens (including phenoxy) is 1. The maximum Gasteiger partial charge on any atom is 0.146 e. The number of nitrogens with zero attached hydrogens (tertiary/aromatic N) is 1. The van der Waals surface area contributed by atoms with Crippen LogP contribution in [0.1, 0.15) is 17.2 Å². The standard InChI is InChI=1S/C13H13FN2O/c1-17-12-5-3-2-4-10(12)13(15)9-6-7-16-8-11(9)14/h2-8,13H,15H2,1H3. The number of hydrogen-bond donors (Lipinski definition) is 1. The fourth-order valence-electron chi connectivity index (χ4n) is 1.73. The molecule has 0 radical (unpaired) electrons. The first kappa shape index (κ1) is 11.5. The molecule has 0 spiro atoms. The van der Waals surface area contributed by atoms with Crippen LogP contribution in [0.3, 0.4) is 0 Å². The highest BCUT2D eigenvalue weighted by molar-refractivity contribution is 5.41. The van der Waals surface area contributed by atoms with E-state index in [4.69, 9.17) is 10.5 Å². The van der Waals surface area contributed by atoms with Crippen molar-refractivity contribution < 1.29 is 9.13 Å². The van der Waals surface area contributed by atoms with E-state index in [0.717, 1.165) is 11.8 Å². The van der Waals surface area contributed by atoms with Gasteiger partial charge in [-0.2, -0.15) is 0 Å². The largest absolute Gasteiger partial charge is 0.496 e. The number of halogens is 1. The summed E-state index contributed by atoms with van der Waals surface area (Å²) in [4.78, 5) is 3.70. The predicted molar refractivity (Wildman–Crippen MR) is 63.2 cm³/mol. The summed E-state index contributed by atoms with van der Waals surface area (Å²) in [5.74, 6) is 0.238. The van der Waals surface area contributed by atoms with Gasteiger partial charge in [-0.05, 0) is 12.1 Å². The number of rotatable bonds is 3. The molecule has 1 aromatic carbocycles. The van der Waals surface area contributed by atoms with Gasteiger partial charge < -0.3 is 10.5 Å². The minimum atomic E-state index is -0.561. The Labute approximate surface area is 99.1 Å². The Morgan fingerprint density at radius 2 is 2.00 bits per heavy atom. The summed E-state index contributed by atoms with van der Waals surface area (Å²) in [6.07, 6.45) is 2.68. The second-order valence-corrected chi connectivity index (χ2v) is 3.62. The molecule has 0 aliphatic rings. The zero-order chi connectivity index (χ0) is 12.3. The summed E-state index contributed by atoms with van der Waals surface area (Å²) in [5, 5.41) is 0. The van der Waals surface area contributed by atoms with Crippen LogP contribution in [0.4, 0.5) is 4.39 Å². The molecule has 0 bridgehead atoms. The monoisotopic (exact) mass is 232 g/mol. The molecular weight excluding hydrogens is 219 g/mol. The molecule has 2 aromatic rings. The zero-order valence-electron chi connectivity index (χ0n) is 9.43. The highest BCUT2D eigenvalue weighted by Gasteiger charge is 2.16. The molecule has 17 heavy (non-hydrogen) atoms. The van der Waals surface area contributed by atoms with Gasteiger partial charge in [0, 0.05) is 17.3 Å². The van der Waals surface area contributed by atoms with Gasteiger partial charge in [0.05, 0.1) is 19.3 Å². The molecule has 1 unspecified atom stereocenters. The second-order valence-electron chi connectivity index (χ2n) is 3.62. The average Bonchev–Trinajstić information content (AvgIpc) is 2.38. The number of aromatic nitrogens is 1. The number of methoxy groups -OCH3 is 1. The molecule has 1 aromatic heterocycles. The maximum absolute atomic E-state index is 13.6. The van der Waals surface area contributed by atoms with E-state index in [-0.39, 0.29) is 0 Å². The Morgan fingerprint density at radius 1 is 1.24 bits per heavy atom. The molecule has 3 nitrogen and oxygen atoms in total. The van der Waals surface area contributed by atoms with Gasteiger partial charge in [0.2, 0.25) is 0 Å². The van der Waals surface area contributed by atoms with Crippen molar-refractivity contribution in [2.24, 2.45) is 5.73 Å². The highest BCUT2D eigenvalue weighted by Crippen LogP contribution is 2.28. The lowest BCUT2D eigenvalue weighted by Gasteiger charge is -2.16. The van der Waals surface area contributed by atoms with Crippen LogP contribution in [-0.2, 0) is 0 Å². The maximum atomic E-state index is 13.6. The third kappa shape index (κ3) is 2.26. The minimum Gasteiger partial charge on any atom is -0.496 e. The van der Waals surface area contributed by atoms with Gasteiger partial charge in [-0.1, -0.05) is 18.2 Å². The van der Waals surface area contributed by atoms with Crippen LogP contribution in [0.2, 0.25) is 0 Å². The first-order valence-corrected chi connectivity index (χ1v) is 5.22. The first-order valence-electron chi connectivity index (χ1n) is 5.22. The van der Waals surface area contributed by atoms with E-state index in [1.54, 1.807) is 19.2 Å². The topological polar surface area (TPSA) is 48.1 Å². The predicted octanol–water partition coefficient (Wildman–Crippen LogP) is 2.28. The molecule has 1 heterocycles. The average molecular weight is 232 g/mol. The van der Waals surface area contributed by atoms with Gasteiger partial charge in [0.15, 0.2) is 0 Å². The van der Waals surface area contributed by atoms with Gasteiger partial charge in [0.1, 0.15) is 11.6 Å². The van der Waals surface area contributed by atoms with E-state index in [1.165, 1.54) is 6.20 Å². The Bertz CT molecular complexity index is 516. The summed E-state index contributed by atoms with van der Waals surface area (Å²) in [7, 11) is 1.56. The van der Waals surface area contributed by atoms with Crippen LogP contribution in [0, 0.1) is 5.82 Å². The second kappa shape index (κ2) is 4.93. The lowest BCUT2D eigenvalue weighted by Crippen LogP contribution is -2.14. The van der Waals surface area contributed by atoms with Crippen LogP contribution in [0.5, 0.6) is 5.75 Å². The minimum absolute atomic E-state index is 0.407. The van der Waals surface area contributed by atoms with Crippen molar-refractivity contribution in [1.82, 2.24) is 4.98 Å². The van der Waals surface area contributed by atoms with Crippen LogP contribution in [-0.4, -0.2) is 12.1 Å². The SMILES string of the molecule is COc1ccccc1C(N)c1ccncc1F. The number of nitrogens with two attached hydrogens (primary N) is 1. The molecule has 0 amide bonds. The van der Waals surface area contributed by atoms with Crippen molar-refractivity contribution in [1.29, 1.82) is 0 Å². The summed E-state index contributed by atoms with van der Waals surface area (Å²) in [6, 6.07) is 8.33. The fraction of sp³-hybridized carbons (Fsp3) is 0.154. The van der Waals surface area contributed by atoms with Gasteiger partial charge >= 0.3 is 0 Å². The molecule has 2 N–H and O–H groups in total. The van der Waals surface area contributed by atoms with E-state index in [9.17, 15) is 4.39 Å². The van der Waals surface area contributed by atoms with Gasteiger partial charge in [0.25, 0.3) is 0 Å². The summed E-state index contributed by atoms with van der Waals surface area (Å²) < 4.78 is 18.8. The van der Waals surface area contributed by atoms with E-state index in [0.29, 0.717) is 11.3 Å². The van der Waals surface area contributed by atoms with Crippen molar-refractivity contribution in [3.63, 3.8) is 0 Å². The molecule has 0 saturated heterocycles. The van der Waals surface area contributed by atoms with E-state index in [1.807, 2.05) is 18.2 Å². The summed E-state index contributed by atoms with van der Waals surface area (Å²) in [5.41, 5.74) is 7.20. The van der Waals surface area contributed by atoms with E-state index in [2.05, 4.69) is 4.98 Å². The smallest absolute Gasteiger partial charge is 0.146 e. The van der Waals surface area contributed by atoms with Crippen molar-refractivity contribution in [2.45, 2.75) is 6.04 Å². The number of pyridine rings is 1. The molecule has 0 aliphatic heterocycles. The lowest BCUT2D eigenvalue weighted by atomic mass is 9.99. The van der Waals surface area contributed by atoms with Gasteiger partial charge in [-0.25, -0.2) is 4.39 Å². The summed E-state index contributed by atoms with van der Waals surface area (Å²) >= 11 is 0. The van der Waals surface area contributed by atoms with Crippen LogP contribution in [0.25, 0.3) is 0 Å². The fourth-order valence-corrected chi connectivity index (χ4v) is 1.73. The molecule has 0 fully saturated rings. The molecular formula is C13H13FN2O. The van der Waals surface area contributed by atoms with Crippen molar-refractivity contribution in [2.75, 3.05) is 7.11 Å². The van der Waals surface area contributed by atoms with Gasteiger partial charge in [-0.3, -0.25) is 4.98 Å². The van der Waals surface area contributed by atoms with Gasteiger partial charge in [-0.15, -0.1) is 0 Å². The first-order chi connectivity index (χ1) is 8.24. The van der Waals surface area contributed by atoms with E-state index < -0.39 is 11.9 Å². The van der Waals surface area contributed by atoms with Crippen LogP contribution in [0.15, 0.2) is 42.7 Å². The lowest BCUT2D eigenvalue weighted by molar-refractivity contribution is 0.407. The third-order valence-electron chi connectivity index (χ3n) is 2.61. The van der Waals surface area contributed by atoms with Crippen LogP contribution < -0.4 is 10.5 Å². The van der Waals surface area contributed by atoms with Crippen molar-refractivity contribution >= 4 is 0 Å². The normalized spacial score (nSPS) is 12.2. The van der Waals surface area contributed by atoms with Crippen molar-refractivity contribution in [3.8, 4) is 5.75 Å².